The third-order valence-electron chi connectivity index (χ3n) is 5.87. The molecular formula is C20H32O5. The lowest BCUT2D eigenvalue weighted by molar-refractivity contribution is -0.169. The summed E-state index contributed by atoms with van der Waals surface area (Å²) in [6.45, 7) is 9.17. The van der Waals surface area contributed by atoms with E-state index in [0.29, 0.717) is 50.5 Å². The second-order valence-electron chi connectivity index (χ2n) is 8.25. The Morgan fingerprint density at radius 1 is 1.20 bits per heavy atom. The maximum absolute atomic E-state index is 12.2. The quantitative estimate of drug-likeness (QED) is 0.354. The number of allylic oxidation sites excluding steroid dienone is 2. The minimum Gasteiger partial charge on any atom is -0.456 e. The molecule has 1 fully saturated rings. The number of fused-ring (bicyclic) bond motifs is 2. The third-order valence-corrected chi connectivity index (χ3v) is 5.87. The Hall–Kier alpha value is -1.17. The highest BCUT2D eigenvalue weighted by atomic mass is 16.6. The van der Waals surface area contributed by atoms with Crippen LogP contribution in [0.5, 0.6) is 0 Å². The molecule has 1 saturated heterocycles. The first-order chi connectivity index (χ1) is 11.5. The van der Waals surface area contributed by atoms with E-state index < -0.39 is 29.4 Å². The van der Waals surface area contributed by atoms with E-state index in [2.05, 4.69) is 6.58 Å². The maximum Gasteiger partial charge on any atom is 0.334 e. The first-order valence-corrected chi connectivity index (χ1v) is 9.21. The predicted molar refractivity (Wildman–Crippen MR) is 95.8 cm³/mol. The van der Waals surface area contributed by atoms with Crippen molar-refractivity contribution in [2.75, 3.05) is 0 Å². The van der Waals surface area contributed by atoms with Gasteiger partial charge in [-0.05, 0) is 71.6 Å². The van der Waals surface area contributed by atoms with Crippen LogP contribution in [-0.2, 0) is 9.53 Å². The number of carbonyl (C=O) groups is 1. The van der Waals surface area contributed by atoms with Crippen molar-refractivity contribution >= 4 is 5.97 Å². The summed E-state index contributed by atoms with van der Waals surface area (Å²) in [5.74, 6) is -0.628. The van der Waals surface area contributed by atoms with Crippen LogP contribution in [0.4, 0.5) is 0 Å². The van der Waals surface area contributed by atoms with E-state index in [0.717, 1.165) is 5.57 Å². The van der Waals surface area contributed by atoms with Crippen LogP contribution in [0.15, 0.2) is 23.8 Å². The van der Waals surface area contributed by atoms with Crippen molar-refractivity contribution < 1.29 is 24.9 Å². The average molecular weight is 352 g/mol. The first-order valence-electron chi connectivity index (χ1n) is 9.21. The molecule has 2 aliphatic rings. The number of aliphatic hydroxyl groups is 3. The van der Waals surface area contributed by atoms with Gasteiger partial charge in [-0.25, -0.2) is 4.79 Å². The Labute approximate surface area is 150 Å². The summed E-state index contributed by atoms with van der Waals surface area (Å²) in [4.78, 5) is 12.2. The molecule has 0 aromatic carbocycles. The van der Waals surface area contributed by atoms with Crippen LogP contribution in [0.25, 0.3) is 0 Å². The van der Waals surface area contributed by atoms with Gasteiger partial charge in [-0.2, -0.15) is 0 Å². The molecule has 3 N–H and O–H groups in total. The standard InChI is InChI=1S/C20H32O5/c1-13-6-5-10-20(4,24)17-12-15(14(2)18(22)25-17)9-11-19(3,23)16(21)8-7-13/h6,15-17,21,23-24H,2,5,7-12H2,1,3-4H3/b13-6+/t15-,16+,17-,19-,20+/m0/s1. The smallest absolute Gasteiger partial charge is 0.334 e. The van der Waals surface area contributed by atoms with Crippen molar-refractivity contribution in [2.45, 2.75) is 89.1 Å². The summed E-state index contributed by atoms with van der Waals surface area (Å²) >= 11 is 0. The highest BCUT2D eigenvalue weighted by Gasteiger charge is 2.42. The molecule has 2 bridgehead atoms. The molecule has 1 aliphatic carbocycles. The number of rotatable bonds is 0. The predicted octanol–water partition coefficient (Wildman–Crippen LogP) is 2.64. The van der Waals surface area contributed by atoms with Gasteiger partial charge < -0.3 is 20.1 Å². The molecule has 142 valence electrons. The maximum atomic E-state index is 12.2. The molecule has 0 aromatic heterocycles. The average Bonchev–Trinajstić information content (AvgIpc) is 2.52. The molecule has 5 heteroatoms. The fourth-order valence-corrected chi connectivity index (χ4v) is 3.68. The van der Waals surface area contributed by atoms with Crippen molar-refractivity contribution in [1.82, 2.24) is 0 Å². The van der Waals surface area contributed by atoms with Crippen LogP contribution in [0.1, 0.15) is 65.7 Å². The number of hydrogen-bond acceptors (Lipinski definition) is 5. The second-order valence-corrected chi connectivity index (χ2v) is 8.25. The van der Waals surface area contributed by atoms with Gasteiger partial charge in [0.15, 0.2) is 0 Å². The number of esters is 1. The Balaban J connectivity index is 2.26. The molecule has 25 heavy (non-hydrogen) atoms. The molecule has 0 radical (unpaired) electrons. The molecule has 0 saturated carbocycles. The van der Waals surface area contributed by atoms with E-state index in [1.54, 1.807) is 13.8 Å². The van der Waals surface area contributed by atoms with Gasteiger partial charge in [0.1, 0.15) is 6.10 Å². The fraction of sp³-hybridized carbons (Fsp3) is 0.750. The van der Waals surface area contributed by atoms with Crippen molar-refractivity contribution in [3.8, 4) is 0 Å². The lowest BCUT2D eigenvalue weighted by Crippen LogP contribution is -2.47. The molecule has 0 aromatic rings. The fourth-order valence-electron chi connectivity index (χ4n) is 3.68. The van der Waals surface area contributed by atoms with Gasteiger partial charge in [-0.3, -0.25) is 0 Å². The van der Waals surface area contributed by atoms with E-state index in [-0.39, 0.29) is 5.92 Å². The van der Waals surface area contributed by atoms with Crippen LogP contribution in [0.3, 0.4) is 0 Å². The highest BCUT2D eigenvalue weighted by Crippen LogP contribution is 2.37. The minimum atomic E-state index is -1.22. The van der Waals surface area contributed by atoms with Gasteiger partial charge in [0.25, 0.3) is 0 Å². The summed E-state index contributed by atoms with van der Waals surface area (Å²) in [5.41, 5.74) is -0.809. The van der Waals surface area contributed by atoms with Gasteiger partial charge in [0, 0.05) is 5.57 Å². The van der Waals surface area contributed by atoms with Crippen LogP contribution in [0, 0.1) is 5.92 Å². The zero-order valence-electron chi connectivity index (χ0n) is 15.6. The second kappa shape index (κ2) is 7.60. The van der Waals surface area contributed by atoms with E-state index >= 15 is 0 Å². The van der Waals surface area contributed by atoms with Crippen molar-refractivity contribution in [1.29, 1.82) is 0 Å². The zero-order valence-corrected chi connectivity index (χ0v) is 15.6. The normalized spacial score (nSPS) is 43.6. The Morgan fingerprint density at radius 2 is 1.88 bits per heavy atom. The van der Waals surface area contributed by atoms with Gasteiger partial charge in [0.2, 0.25) is 0 Å². The van der Waals surface area contributed by atoms with Gasteiger partial charge in [-0.15, -0.1) is 0 Å². The molecule has 0 amide bonds. The number of ether oxygens (including phenoxy) is 1. The van der Waals surface area contributed by atoms with Crippen LogP contribution < -0.4 is 0 Å². The van der Waals surface area contributed by atoms with Crippen molar-refractivity contribution in [3.63, 3.8) is 0 Å². The van der Waals surface area contributed by atoms with Gasteiger partial charge in [-0.1, -0.05) is 18.2 Å². The summed E-state index contributed by atoms with van der Waals surface area (Å²) in [5, 5.41) is 31.8. The summed E-state index contributed by atoms with van der Waals surface area (Å²) in [6.07, 6.45) is 4.39. The first kappa shape index (κ1) is 20.1. The lowest BCUT2D eigenvalue weighted by atomic mass is 9.77. The van der Waals surface area contributed by atoms with Gasteiger partial charge >= 0.3 is 5.97 Å². The lowest BCUT2D eigenvalue weighted by Gasteiger charge is -2.40. The number of hydrogen-bond donors (Lipinski definition) is 3. The van der Waals surface area contributed by atoms with E-state index in [1.165, 1.54) is 0 Å². The molecule has 2 rings (SSSR count). The number of carbonyl (C=O) groups excluding carboxylic acids is 1. The van der Waals surface area contributed by atoms with E-state index in [4.69, 9.17) is 4.74 Å². The van der Waals surface area contributed by atoms with Gasteiger partial charge in [0.05, 0.1) is 17.3 Å². The summed E-state index contributed by atoms with van der Waals surface area (Å²) in [7, 11) is 0. The van der Waals surface area contributed by atoms with E-state index in [9.17, 15) is 20.1 Å². The molecular weight excluding hydrogens is 320 g/mol. The molecule has 0 spiro atoms. The largest absolute Gasteiger partial charge is 0.456 e. The molecule has 1 aliphatic heterocycles. The Kier molecular flexibility index (Phi) is 6.13. The number of aliphatic hydroxyl groups excluding tert-OH is 1. The van der Waals surface area contributed by atoms with Crippen molar-refractivity contribution in [3.05, 3.63) is 23.8 Å². The SMILES string of the molecule is C=C1C(=O)O[C@H]2C[C@@H]1CC[C@](C)(O)[C@H](O)CC/C(C)=C/CC[C@@]2(C)O. The van der Waals surface area contributed by atoms with E-state index in [1.807, 2.05) is 13.0 Å². The molecule has 5 nitrogen and oxygen atoms in total. The molecule has 1 heterocycles. The van der Waals surface area contributed by atoms with Crippen molar-refractivity contribution in [2.24, 2.45) is 5.92 Å². The highest BCUT2D eigenvalue weighted by molar-refractivity contribution is 5.89. The topological polar surface area (TPSA) is 87.0 Å². The molecule has 5 atom stereocenters. The summed E-state index contributed by atoms with van der Waals surface area (Å²) < 4.78 is 5.42. The Morgan fingerprint density at radius 3 is 2.56 bits per heavy atom. The van der Waals surface area contributed by atoms with Crippen LogP contribution in [0.2, 0.25) is 0 Å². The Bertz CT molecular complexity index is 546. The molecule has 0 unspecified atom stereocenters. The monoisotopic (exact) mass is 352 g/mol. The minimum absolute atomic E-state index is 0.156. The summed E-state index contributed by atoms with van der Waals surface area (Å²) in [6, 6.07) is 0. The van der Waals surface area contributed by atoms with Crippen LogP contribution in [-0.4, -0.2) is 44.7 Å². The third kappa shape index (κ3) is 4.93. The zero-order chi connectivity index (χ0) is 18.8. The van der Waals surface area contributed by atoms with Crippen LogP contribution >= 0.6 is 0 Å².